The Bertz CT molecular complexity index is 627. The van der Waals surface area contributed by atoms with Gasteiger partial charge in [0.15, 0.2) is 0 Å². The van der Waals surface area contributed by atoms with Crippen molar-refractivity contribution in [2.24, 2.45) is 0 Å². The molecule has 1 atom stereocenters. The van der Waals surface area contributed by atoms with Crippen molar-refractivity contribution in [3.8, 4) is 0 Å². The topological polar surface area (TPSA) is 75.4 Å². The third kappa shape index (κ3) is 3.26. The third-order valence-corrected chi connectivity index (χ3v) is 3.06. The van der Waals surface area contributed by atoms with E-state index < -0.39 is 11.0 Å². The number of nitrogens with one attached hydrogen (secondary N) is 1. The summed E-state index contributed by atoms with van der Waals surface area (Å²) in [5.41, 5.74) is 1.73. The highest BCUT2D eigenvalue weighted by Crippen LogP contribution is 2.30. The minimum atomic E-state index is -0.551. The Hall–Kier alpha value is -2.11. The number of nitrogens with zero attached hydrogens (tertiary/aromatic N) is 1. The summed E-state index contributed by atoms with van der Waals surface area (Å²) in [5, 5.41) is 23.8. The zero-order valence-corrected chi connectivity index (χ0v) is 11.5. The maximum Gasteiger partial charge on any atom is 0.292 e. The van der Waals surface area contributed by atoms with Gasteiger partial charge in [-0.1, -0.05) is 23.7 Å². The van der Waals surface area contributed by atoms with Gasteiger partial charge in [-0.2, -0.15) is 0 Å². The Morgan fingerprint density at radius 1 is 1.25 bits per heavy atom. The smallest absolute Gasteiger partial charge is 0.292 e. The van der Waals surface area contributed by atoms with E-state index in [4.69, 9.17) is 11.6 Å². The highest BCUT2D eigenvalue weighted by atomic mass is 35.5. The average molecular weight is 293 g/mol. The van der Waals surface area contributed by atoms with Crippen LogP contribution in [0.5, 0.6) is 0 Å². The van der Waals surface area contributed by atoms with Gasteiger partial charge in [0.05, 0.1) is 11.0 Å². The van der Waals surface area contributed by atoms with Crippen molar-refractivity contribution in [3.63, 3.8) is 0 Å². The molecular formula is C14H13ClN2O3. The van der Waals surface area contributed by atoms with Gasteiger partial charge in [-0.3, -0.25) is 10.1 Å². The molecule has 0 heterocycles. The second kappa shape index (κ2) is 5.90. The number of aliphatic hydroxyl groups is 1. The Morgan fingerprint density at radius 2 is 1.90 bits per heavy atom. The zero-order valence-electron chi connectivity index (χ0n) is 10.7. The van der Waals surface area contributed by atoms with Crippen molar-refractivity contribution in [1.82, 2.24) is 0 Å². The second-order valence-corrected chi connectivity index (χ2v) is 4.78. The van der Waals surface area contributed by atoms with E-state index in [9.17, 15) is 15.2 Å². The summed E-state index contributed by atoms with van der Waals surface area (Å²) in [6.45, 7) is 1.67. The van der Waals surface area contributed by atoms with Gasteiger partial charge in [-0.15, -0.1) is 0 Å². The molecule has 0 radical (unpaired) electrons. The molecule has 0 aliphatic rings. The van der Waals surface area contributed by atoms with Crippen molar-refractivity contribution in [1.29, 1.82) is 0 Å². The number of hydrogen-bond acceptors (Lipinski definition) is 4. The molecule has 2 aromatic carbocycles. The maximum atomic E-state index is 11.0. The van der Waals surface area contributed by atoms with Gasteiger partial charge in [-0.25, -0.2) is 0 Å². The van der Waals surface area contributed by atoms with E-state index in [0.717, 1.165) is 5.56 Å². The molecule has 0 bridgehead atoms. The summed E-state index contributed by atoms with van der Waals surface area (Å²) in [4.78, 5) is 10.5. The molecule has 2 N–H and O–H groups in total. The van der Waals surface area contributed by atoms with Crippen LogP contribution in [0.4, 0.5) is 17.1 Å². The summed E-state index contributed by atoms with van der Waals surface area (Å²) in [7, 11) is 0. The molecule has 1 unspecified atom stereocenters. The summed E-state index contributed by atoms with van der Waals surface area (Å²) in [6.07, 6.45) is -0.551. The Kier molecular flexibility index (Phi) is 4.22. The Morgan fingerprint density at radius 3 is 2.45 bits per heavy atom. The predicted octanol–water partition coefficient (Wildman–Crippen LogP) is 4.05. The number of nitro benzene ring substituents is 1. The highest BCUT2D eigenvalue weighted by molar-refractivity contribution is 6.31. The number of hydrogen-bond donors (Lipinski definition) is 2. The van der Waals surface area contributed by atoms with E-state index in [-0.39, 0.29) is 5.69 Å². The number of aliphatic hydroxyl groups excluding tert-OH is 1. The maximum absolute atomic E-state index is 11.0. The van der Waals surface area contributed by atoms with Gasteiger partial charge in [0, 0.05) is 16.8 Å². The van der Waals surface area contributed by atoms with Crippen LogP contribution in [-0.4, -0.2) is 10.0 Å². The number of benzene rings is 2. The monoisotopic (exact) mass is 292 g/mol. The van der Waals surface area contributed by atoms with Crippen LogP contribution in [0.25, 0.3) is 0 Å². The minimum Gasteiger partial charge on any atom is -0.389 e. The van der Waals surface area contributed by atoms with Crippen LogP contribution < -0.4 is 5.32 Å². The third-order valence-electron chi connectivity index (χ3n) is 2.83. The van der Waals surface area contributed by atoms with Gasteiger partial charge in [0.2, 0.25) is 0 Å². The molecule has 0 saturated carbocycles. The first-order chi connectivity index (χ1) is 9.47. The first kappa shape index (κ1) is 14.3. The molecule has 0 fully saturated rings. The van der Waals surface area contributed by atoms with Crippen LogP contribution in [0.15, 0.2) is 42.5 Å². The molecule has 0 aromatic heterocycles. The first-order valence-electron chi connectivity index (χ1n) is 5.96. The van der Waals surface area contributed by atoms with E-state index in [2.05, 4.69) is 5.32 Å². The van der Waals surface area contributed by atoms with Crippen LogP contribution >= 0.6 is 11.6 Å². The van der Waals surface area contributed by atoms with Crippen LogP contribution in [0.3, 0.4) is 0 Å². The lowest BCUT2D eigenvalue weighted by atomic mass is 10.1. The fourth-order valence-electron chi connectivity index (χ4n) is 1.77. The number of rotatable bonds is 4. The Labute approximate surface area is 121 Å². The van der Waals surface area contributed by atoms with E-state index in [1.807, 2.05) is 0 Å². The normalized spacial score (nSPS) is 11.9. The Balaban J connectivity index is 2.29. The molecule has 5 nitrogen and oxygen atoms in total. The van der Waals surface area contributed by atoms with Gasteiger partial charge in [-0.05, 0) is 36.8 Å². The van der Waals surface area contributed by atoms with Crippen LogP contribution in [0.2, 0.25) is 5.02 Å². The zero-order chi connectivity index (χ0) is 14.7. The molecule has 20 heavy (non-hydrogen) atoms. The summed E-state index contributed by atoms with van der Waals surface area (Å²) < 4.78 is 0. The molecular weight excluding hydrogens is 280 g/mol. The lowest BCUT2D eigenvalue weighted by molar-refractivity contribution is -0.383. The minimum absolute atomic E-state index is 0.0472. The van der Waals surface area contributed by atoms with Crippen LogP contribution in [0.1, 0.15) is 18.6 Å². The molecule has 0 aliphatic heterocycles. The second-order valence-electron chi connectivity index (χ2n) is 4.34. The lowest BCUT2D eigenvalue weighted by Gasteiger charge is -2.09. The summed E-state index contributed by atoms with van der Waals surface area (Å²) in [5.74, 6) is 0. The van der Waals surface area contributed by atoms with Gasteiger partial charge < -0.3 is 10.4 Å². The van der Waals surface area contributed by atoms with Gasteiger partial charge >= 0.3 is 0 Å². The van der Waals surface area contributed by atoms with Crippen molar-refractivity contribution < 1.29 is 10.0 Å². The summed E-state index contributed by atoms with van der Waals surface area (Å²) >= 11 is 5.86. The molecule has 2 aromatic rings. The molecule has 6 heteroatoms. The van der Waals surface area contributed by atoms with Crippen LogP contribution in [-0.2, 0) is 0 Å². The fraction of sp³-hybridized carbons (Fsp3) is 0.143. The molecule has 0 saturated heterocycles. The van der Waals surface area contributed by atoms with Crippen LogP contribution in [0, 0.1) is 10.1 Å². The van der Waals surface area contributed by atoms with Gasteiger partial charge in [0.1, 0.15) is 5.69 Å². The molecule has 104 valence electrons. The molecule has 0 amide bonds. The average Bonchev–Trinajstić information content (AvgIpc) is 2.39. The molecule has 2 rings (SSSR count). The van der Waals surface area contributed by atoms with E-state index in [0.29, 0.717) is 16.4 Å². The van der Waals surface area contributed by atoms with Crippen molar-refractivity contribution in [2.45, 2.75) is 13.0 Å². The van der Waals surface area contributed by atoms with Crippen molar-refractivity contribution in [3.05, 3.63) is 63.2 Å². The SMILES string of the molecule is CC(O)c1ccc(Nc2cc(Cl)ccc2[N+](=O)[O-])cc1. The number of anilines is 2. The standard InChI is InChI=1S/C14H13ClN2O3/c1-9(18)10-2-5-12(6-3-10)16-13-8-11(15)4-7-14(13)17(19)20/h2-9,16,18H,1H3. The fourth-order valence-corrected chi connectivity index (χ4v) is 1.94. The molecule has 0 spiro atoms. The molecule has 0 aliphatic carbocycles. The highest BCUT2D eigenvalue weighted by Gasteiger charge is 2.14. The van der Waals surface area contributed by atoms with Gasteiger partial charge in [0.25, 0.3) is 5.69 Å². The first-order valence-corrected chi connectivity index (χ1v) is 6.34. The number of halogens is 1. The lowest BCUT2D eigenvalue weighted by Crippen LogP contribution is -1.97. The largest absolute Gasteiger partial charge is 0.389 e. The quantitative estimate of drug-likeness (QED) is 0.658. The van der Waals surface area contributed by atoms with Crippen molar-refractivity contribution in [2.75, 3.05) is 5.32 Å². The summed E-state index contributed by atoms with van der Waals surface area (Å²) in [6, 6.07) is 11.3. The van der Waals surface area contributed by atoms with E-state index >= 15 is 0 Å². The van der Waals surface area contributed by atoms with E-state index in [1.165, 1.54) is 18.2 Å². The van der Waals surface area contributed by atoms with Crippen molar-refractivity contribution >= 4 is 28.7 Å². The number of nitro groups is 1. The van der Waals surface area contributed by atoms with E-state index in [1.54, 1.807) is 31.2 Å². The predicted molar refractivity (Wildman–Crippen MR) is 78.5 cm³/mol.